The Hall–Kier alpha value is -0.613. The summed E-state index contributed by atoms with van der Waals surface area (Å²) in [5, 5.41) is 0. The summed E-state index contributed by atoms with van der Waals surface area (Å²) >= 11 is 0. The van der Waals surface area contributed by atoms with Crippen LogP contribution in [0.2, 0.25) is 13.1 Å². The normalized spacial score (nSPS) is 13.2. The van der Waals surface area contributed by atoms with Crippen LogP contribution >= 0.6 is 0 Å². The summed E-state index contributed by atoms with van der Waals surface area (Å²) in [6.07, 6.45) is 0. The highest BCUT2D eigenvalue weighted by Crippen LogP contribution is 2.06. The molecule has 0 saturated heterocycles. The van der Waals surface area contributed by atoms with Crippen molar-refractivity contribution in [3.8, 4) is 0 Å². The van der Waals surface area contributed by atoms with Gasteiger partial charge in [0.05, 0.1) is 6.61 Å². The van der Waals surface area contributed by atoms with Gasteiger partial charge in [-0.25, -0.2) is 4.79 Å². The highest BCUT2D eigenvalue weighted by molar-refractivity contribution is 6.75. The molecule has 4 heteroatoms. The van der Waals surface area contributed by atoms with Crippen LogP contribution in [0.4, 0.5) is 0 Å². The fourth-order valence-corrected chi connectivity index (χ4v) is 2.12. The van der Waals surface area contributed by atoms with Crippen LogP contribution in [-0.4, -0.2) is 25.7 Å². The van der Waals surface area contributed by atoms with Crippen LogP contribution in [0.5, 0.6) is 0 Å². The lowest BCUT2D eigenvalue weighted by molar-refractivity contribution is -0.140. The number of carbonyl (C=O) groups excluding carboxylic acids is 1. The predicted molar refractivity (Wildman–Crippen MR) is 59.3 cm³/mol. The fourth-order valence-electron chi connectivity index (χ4n) is 0.945. The molecule has 0 bridgehead atoms. The first-order valence-electron chi connectivity index (χ1n) is 4.81. The second-order valence-corrected chi connectivity index (χ2v) is 8.07. The number of carbonyl (C=O) groups is 1. The van der Waals surface area contributed by atoms with Crippen molar-refractivity contribution in [3.05, 3.63) is 11.3 Å². The van der Waals surface area contributed by atoms with E-state index >= 15 is 0 Å². The third-order valence-corrected chi connectivity index (χ3v) is 2.58. The Morgan fingerprint density at radius 2 is 2.00 bits per heavy atom. The predicted octanol–water partition coefficient (Wildman–Crippen LogP) is 1.87. The number of rotatable bonds is 4. The summed E-state index contributed by atoms with van der Waals surface area (Å²) in [7, 11) is -2.30. The van der Waals surface area contributed by atoms with Gasteiger partial charge < -0.3 is 9.53 Å². The van der Waals surface area contributed by atoms with Crippen LogP contribution in [0.1, 0.15) is 20.8 Å². The van der Waals surface area contributed by atoms with Crippen molar-refractivity contribution >= 4 is 14.3 Å². The highest BCUT2D eigenvalue weighted by Gasteiger charge is 2.16. The first-order chi connectivity index (χ1) is 6.22. The molecule has 0 amide bonds. The minimum Gasteiger partial charge on any atom is -0.462 e. The Labute approximate surface area is 86.9 Å². The van der Waals surface area contributed by atoms with Gasteiger partial charge in [0.1, 0.15) is 0 Å². The molecule has 14 heavy (non-hydrogen) atoms. The third kappa shape index (κ3) is 6.86. The molecule has 0 fully saturated rings. The van der Waals surface area contributed by atoms with E-state index in [4.69, 9.17) is 4.74 Å². The van der Waals surface area contributed by atoms with Gasteiger partial charge in [0.15, 0.2) is 0 Å². The minimum absolute atomic E-state index is 0.326. The molecule has 0 rings (SSSR count). The second kappa shape index (κ2) is 5.31. The van der Waals surface area contributed by atoms with E-state index in [1.54, 1.807) is 25.7 Å². The minimum atomic E-state index is -2.30. The summed E-state index contributed by atoms with van der Waals surface area (Å²) in [5.41, 5.74) is 2.14. The van der Waals surface area contributed by atoms with Crippen molar-refractivity contribution in [2.75, 3.05) is 6.61 Å². The molecule has 0 aliphatic heterocycles. The topological polar surface area (TPSA) is 46.5 Å². The quantitative estimate of drug-likeness (QED) is 0.443. The molecule has 0 atom stereocenters. The monoisotopic (exact) mass is 216 g/mol. The Morgan fingerprint density at radius 1 is 1.50 bits per heavy atom. The molecule has 3 nitrogen and oxygen atoms in total. The van der Waals surface area contributed by atoms with Crippen molar-refractivity contribution in [1.82, 2.24) is 0 Å². The summed E-state index contributed by atoms with van der Waals surface area (Å²) in [4.78, 5) is 20.9. The summed E-state index contributed by atoms with van der Waals surface area (Å²) in [5.74, 6) is 0.0134. The van der Waals surface area contributed by atoms with Gasteiger partial charge in [0.2, 0.25) is 8.32 Å². The molecule has 0 aliphatic carbocycles. The van der Waals surface area contributed by atoms with Gasteiger partial charge in [-0.3, -0.25) is 0 Å². The first-order valence-corrected chi connectivity index (χ1v) is 7.84. The average Bonchev–Trinajstić information content (AvgIpc) is 1.96. The molecule has 0 saturated carbocycles. The van der Waals surface area contributed by atoms with Gasteiger partial charge in [-0.15, -0.1) is 0 Å². The maximum absolute atomic E-state index is 11.3. The standard InChI is InChI=1S/C10H20O3Si/c1-8(2)6-13-10(11)9(3)7-14(4,5)12/h7-8,12H,6H2,1-5H3/b9-7+. The zero-order valence-electron chi connectivity index (χ0n) is 9.63. The molecule has 1 N–H and O–H groups in total. The molecular formula is C10H20O3Si. The molecule has 0 radical (unpaired) electrons. The van der Waals surface area contributed by atoms with Crippen molar-refractivity contribution in [2.24, 2.45) is 5.92 Å². The van der Waals surface area contributed by atoms with E-state index in [1.165, 1.54) is 0 Å². The summed E-state index contributed by atoms with van der Waals surface area (Å²) in [6.45, 7) is 9.58. The molecule has 0 aromatic carbocycles. The summed E-state index contributed by atoms with van der Waals surface area (Å²) < 4.78 is 5.01. The Kier molecular flexibility index (Phi) is 5.08. The van der Waals surface area contributed by atoms with Gasteiger partial charge in [0, 0.05) is 5.57 Å². The lowest BCUT2D eigenvalue weighted by Gasteiger charge is -2.11. The highest BCUT2D eigenvalue weighted by atomic mass is 28.4. The lowest BCUT2D eigenvalue weighted by Crippen LogP contribution is -2.24. The maximum Gasteiger partial charge on any atom is 0.333 e. The SMILES string of the molecule is C/C(=C\[Si](C)(C)O)C(=O)OCC(C)C. The van der Waals surface area contributed by atoms with Crippen LogP contribution in [-0.2, 0) is 9.53 Å². The van der Waals surface area contributed by atoms with E-state index in [2.05, 4.69) is 0 Å². The molecule has 0 heterocycles. The fraction of sp³-hybridized carbons (Fsp3) is 0.700. The molecule has 0 aromatic heterocycles. The van der Waals surface area contributed by atoms with E-state index < -0.39 is 8.32 Å². The molecule has 0 unspecified atom stereocenters. The van der Waals surface area contributed by atoms with E-state index in [0.29, 0.717) is 18.1 Å². The van der Waals surface area contributed by atoms with Gasteiger partial charge in [0.25, 0.3) is 0 Å². The molecule has 0 aromatic rings. The van der Waals surface area contributed by atoms with Gasteiger partial charge in [-0.05, 0) is 25.9 Å². The van der Waals surface area contributed by atoms with Crippen LogP contribution in [0.15, 0.2) is 11.3 Å². The van der Waals surface area contributed by atoms with E-state index in [1.807, 2.05) is 13.8 Å². The second-order valence-electron chi connectivity index (χ2n) is 4.47. The number of esters is 1. The smallest absolute Gasteiger partial charge is 0.333 e. The summed E-state index contributed by atoms with van der Waals surface area (Å²) in [6, 6.07) is 0. The zero-order valence-corrected chi connectivity index (χ0v) is 10.6. The first kappa shape index (κ1) is 13.4. The molecule has 0 spiro atoms. The third-order valence-electron chi connectivity index (χ3n) is 1.44. The van der Waals surface area contributed by atoms with E-state index in [0.717, 1.165) is 0 Å². The van der Waals surface area contributed by atoms with E-state index in [9.17, 15) is 9.59 Å². The Morgan fingerprint density at radius 3 is 2.36 bits per heavy atom. The van der Waals surface area contributed by atoms with Crippen LogP contribution in [0.3, 0.4) is 0 Å². The number of hydrogen-bond donors (Lipinski definition) is 1. The van der Waals surface area contributed by atoms with E-state index in [-0.39, 0.29) is 5.97 Å². The van der Waals surface area contributed by atoms with Crippen LogP contribution in [0, 0.1) is 5.92 Å². The van der Waals surface area contributed by atoms with Gasteiger partial charge >= 0.3 is 5.97 Å². The van der Waals surface area contributed by atoms with Crippen molar-refractivity contribution in [2.45, 2.75) is 33.9 Å². The van der Waals surface area contributed by atoms with Gasteiger partial charge in [-0.1, -0.05) is 19.5 Å². The lowest BCUT2D eigenvalue weighted by atomic mass is 10.2. The largest absolute Gasteiger partial charge is 0.462 e. The maximum atomic E-state index is 11.3. The molecule has 0 aliphatic rings. The molecule has 82 valence electrons. The van der Waals surface area contributed by atoms with Gasteiger partial charge in [-0.2, -0.15) is 0 Å². The molecular weight excluding hydrogens is 196 g/mol. The average molecular weight is 216 g/mol. The van der Waals surface area contributed by atoms with Crippen molar-refractivity contribution < 1.29 is 14.3 Å². The van der Waals surface area contributed by atoms with Crippen molar-refractivity contribution in [3.63, 3.8) is 0 Å². The van der Waals surface area contributed by atoms with Crippen LogP contribution in [0.25, 0.3) is 0 Å². The van der Waals surface area contributed by atoms with Crippen molar-refractivity contribution in [1.29, 1.82) is 0 Å². The van der Waals surface area contributed by atoms with Crippen LogP contribution < -0.4 is 0 Å². The number of hydrogen-bond acceptors (Lipinski definition) is 3. The Bertz CT molecular complexity index is 226. The zero-order chi connectivity index (χ0) is 11.4. The number of ether oxygens (including phenoxy) is 1. The Balaban J connectivity index is 4.20.